The molecule has 3 aromatic heterocycles. The monoisotopic (exact) mass is 418 g/mol. The molecule has 1 aromatic carbocycles. The summed E-state index contributed by atoms with van der Waals surface area (Å²) in [5, 5.41) is 9.24. The molecule has 5 rings (SSSR count). The number of para-hydroxylation sites is 2. The number of aryl methyl sites for hydroxylation is 1. The van der Waals surface area contributed by atoms with Crippen molar-refractivity contribution in [2.75, 3.05) is 6.54 Å². The largest absolute Gasteiger partial charge is 0.342 e. The van der Waals surface area contributed by atoms with E-state index >= 15 is 0 Å². The number of benzene rings is 1. The fourth-order valence-electron chi connectivity index (χ4n) is 3.81. The summed E-state index contributed by atoms with van der Waals surface area (Å²) >= 11 is 1.52. The Bertz CT molecular complexity index is 1150. The van der Waals surface area contributed by atoms with Crippen LogP contribution in [0.25, 0.3) is 11.0 Å². The lowest BCUT2D eigenvalue weighted by molar-refractivity contribution is 0.0931. The number of amides is 1. The Morgan fingerprint density at radius 1 is 1.20 bits per heavy atom. The van der Waals surface area contributed by atoms with Gasteiger partial charge in [0.1, 0.15) is 11.5 Å². The molecule has 30 heavy (non-hydrogen) atoms. The van der Waals surface area contributed by atoms with Crippen LogP contribution in [0.4, 0.5) is 0 Å². The minimum Gasteiger partial charge on any atom is -0.342 e. The van der Waals surface area contributed by atoms with Crippen molar-refractivity contribution >= 4 is 28.3 Å². The van der Waals surface area contributed by atoms with Gasteiger partial charge in [0.05, 0.1) is 34.3 Å². The topological polar surface area (TPSA) is 95.6 Å². The molecule has 4 aromatic rings. The molecule has 1 amide bonds. The number of fused-ring (bicyclic) bond motifs is 2. The van der Waals surface area contributed by atoms with Crippen LogP contribution in [0.2, 0.25) is 0 Å². The van der Waals surface area contributed by atoms with Crippen LogP contribution in [-0.2, 0) is 19.4 Å². The van der Waals surface area contributed by atoms with E-state index in [4.69, 9.17) is 0 Å². The van der Waals surface area contributed by atoms with Gasteiger partial charge in [-0.25, -0.2) is 9.97 Å². The first-order valence-electron chi connectivity index (χ1n) is 10.1. The number of imidazole rings is 1. The third-order valence-electron chi connectivity index (χ3n) is 5.29. The molecule has 1 aliphatic rings. The third-order valence-corrected chi connectivity index (χ3v) is 6.20. The van der Waals surface area contributed by atoms with Crippen molar-refractivity contribution in [2.24, 2.45) is 0 Å². The molecule has 0 saturated carbocycles. The van der Waals surface area contributed by atoms with E-state index in [9.17, 15) is 4.79 Å². The molecule has 1 atom stereocenters. The van der Waals surface area contributed by atoms with Crippen molar-refractivity contribution in [1.29, 1.82) is 0 Å². The Hall–Kier alpha value is -3.10. The highest BCUT2D eigenvalue weighted by molar-refractivity contribution is 7.09. The van der Waals surface area contributed by atoms with Gasteiger partial charge < -0.3 is 15.6 Å². The van der Waals surface area contributed by atoms with Gasteiger partial charge in [0.25, 0.3) is 5.91 Å². The predicted molar refractivity (Wildman–Crippen MR) is 116 cm³/mol. The van der Waals surface area contributed by atoms with E-state index in [-0.39, 0.29) is 11.9 Å². The number of carbonyl (C=O) groups excluding carboxylic acids is 1. The maximum Gasteiger partial charge on any atom is 0.271 e. The van der Waals surface area contributed by atoms with E-state index in [1.807, 2.05) is 35.7 Å². The van der Waals surface area contributed by atoms with Gasteiger partial charge in [0.2, 0.25) is 0 Å². The van der Waals surface area contributed by atoms with Gasteiger partial charge in [-0.1, -0.05) is 18.2 Å². The normalized spacial score (nSPS) is 15.4. The number of nitrogens with one attached hydrogen (secondary N) is 3. The van der Waals surface area contributed by atoms with Crippen LogP contribution in [0, 0.1) is 0 Å². The average molecular weight is 419 g/mol. The van der Waals surface area contributed by atoms with Gasteiger partial charge in [0, 0.05) is 24.5 Å². The number of hydrogen-bond donors (Lipinski definition) is 3. The van der Waals surface area contributed by atoms with Gasteiger partial charge in [-0.05, 0) is 36.6 Å². The number of aromatic amines is 1. The first-order chi connectivity index (χ1) is 14.8. The Kier molecular flexibility index (Phi) is 5.25. The van der Waals surface area contributed by atoms with E-state index in [2.05, 4.69) is 36.6 Å². The summed E-state index contributed by atoms with van der Waals surface area (Å²) in [6, 6.07) is 12.0. The Balaban J connectivity index is 1.12. The first kappa shape index (κ1) is 18.9. The number of thiazole rings is 1. The van der Waals surface area contributed by atoms with Crippen LogP contribution in [0.15, 0.2) is 48.0 Å². The highest BCUT2D eigenvalue weighted by Gasteiger charge is 2.26. The minimum atomic E-state index is -0.128. The SMILES string of the molecule is O=C(NC1CCc2cccnc21)c1csc(CCNCc2nc3ccccc3[nH]2)n1. The molecule has 0 spiro atoms. The van der Waals surface area contributed by atoms with Gasteiger partial charge in [-0.15, -0.1) is 11.3 Å². The Morgan fingerprint density at radius 3 is 3.07 bits per heavy atom. The summed E-state index contributed by atoms with van der Waals surface area (Å²) < 4.78 is 0. The Labute approximate surface area is 178 Å². The molecular weight excluding hydrogens is 396 g/mol. The smallest absolute Gasteiger partial charge is 0.271 e. The summed E-state index contributed by atoms with van der Waals surface area (Å²) in [7, 11) is 0. The predicted octanol–water partition coefficient (Wildman–Crippen LogP) is 3.16. The summed E-state index contributed by atoms with van der Waals surface area (Å²) in [6.45, 7) is 1.44. The fraction of sp³-hybridized carbons (Fsp3) is 0.273. The lowest BCUT2D eigenvalue weighted by Crippen LogP contribution is -2.28. The summed E-state index contributed by atoms with van der Waals surface area (Å²) in [4.78, 5) is 29.4. The van der Waals surface area contributed by atoms with E-state index in [1.54, 1.807) is 6.20 Å². The highest BCUT2D eigenvalue weighted by atomic mass is 32.1. The maximum atomic E-state index is 12.6. The number of H-pyrrole nitrogens is 1. The molecule has 8 heteroatoms. The van der Waals surface area contributed by atoms with Crippen LogP contribution < -0.4 is 10.6 Å². The van der Waals surface area contributed by atoms with E-state index < -0.39 is 0 Å². The molecular formula is C22H22N6OS. The third kappa shape index (κ3) is 3.96. The van der Waals surface area contributed by atoms with Crippen LogP contribution in [-0.4, -0.2) is 32.4 Å². The molecule has 1 aliphatic carbocycles. The van der Waals surface area contributed by atoms with Crippen molar-refractivity contribution < 1.29 is 4.79 Å². The maximum absolute atomic E-state index is 12.6. The van der Waals surface area contributed by atoms with E-state index in [1.165, 1.54) is 16.9 Å². The number of hydrogen-bond acceptors (Lipinski definition) is 6. The van der Waals surface area contributed by atoms with Gasteiger partial charge in [-0.2, -0.15) is 0 Å². The Morgan fingerprint density at radius 2 is 2.13 bits per heavy atom. The average Bonchev–Trinajstić information content (AvgIpc) is 3.49. The second-order valence-electron chi connectivity index (χ2n) is 7.37. The van der Waals surface area contributed by atoms with Crippen molar-refractivity contribution in [3.8, 4) is 0 Å². The first-order valence-corrected chi connectivity index (χ1v) is 11.0. The minimum absolute atomic E-state index is 0.0238. The molecule has 0 radical (unpaired) electrons. The zero-order chi connectivity index (χ0) is 20.3. The van der Waals surface area contributed by atoms with E-state index in [0.29, 0.717) is 12.2 Å². The second kappa shape index (κ2) is 8.33. The number of pyridine rings is 1. The fourth-order valence-corrected chi connectivity index (χ4v) is 4.59. The molecule has 3 heterocycles. The number of carbonyl (C=O) groups is 1. The molecule has 0 saturated heterocycles. The van der Waals surface area contributed by atoms with Crippen molar-refractivity contribution in [3.05, 3.63) is 75.8 Å². The van der Waals surface area contributed by atoms with Crippen LogP contribution >= 0.6 is 11.3 Å². The zero-order valence-corrected chi connectivity index (χ0v) is 17.2. The molecule has 1 unspecified atom stereocenters. The van der Waals surface area contributed by atoms with Crippen molar-refractivity contribution in [2.45, 2.75) is 31.8 Å². The van der Waals surface area contributed by atoms with Crippen molar-refractivity contribution in [1.82, 2.24) is 30.6 Å². The second-order valence-corrected chi connectivity index (χ2v) is 8.31. The number of nitrogens with zero attached hydrogens (tertiary/aromatic N) is 3. The molecule has 0 aliphatic heterocycles. The van der Waals surface area contributed by atoms with Crippen molar-refractivity contribution in [3.63, 3.8) is 0 Å². The van der Waals surface area contributed by atoms with Gasteiger partial charge in [0.15, 0.2) is 0 Å². The van der Waals surface area contributed by atoms with Crippen LogP contribution in [0.3, 0.4) is 0 Å². The number of aromatic nitrogens is 4. The van der Waals surface area contributed by atoms with E-state index in [0.717, 1.165) is 53.4 Å². The summed E-state index contributed by atoms with van der Waals surface area (Å²) in [5.41, 5.74) is 4.71. The molecule has 3 N–H and O–H groups in total. The quantitative estimate of drug-likeness (QED) is 0.401. The lowest BCUT2D eigenvalue weighted by Gasteiger charge is -2.11. The molecule has 152 valence electrons. The summed E-state index contributed by atoms with van der Waals surface area (Å²) in [6.07, 6.45) is 4.39. The number of rotatable bonds is 7. The standard InChI is InChI=1S/C22H22N6OS/c29-22(28-17-8-7-14-4-3-10-24-21(14)17)18-13-30-20(27-18)9-11-23-12-19-25-15-5-1-2-6-16(15)26-19/h1-6,10,13,17,23H,7-9,11-12H2,(H,25,26)(H,28,29). The van der Waals surface area contributed by atoms with Gasteiger partial charge >= 0.3 is 0 Å². The lowest BCUT2D eigenvalue weighted by atomic mass is 10.2. The summed E-state index contributed by atoms with van der Waals surface area (Å²) in [5.74, 6) is 0.789. The molecule has 7 nitrogen and oxygen atoms in total. The highest BCUT2D eigenvalue weighted by Crippen LogP contribution is 2.29. The zero-order valence-electron chi connectivity index (χ0n) is 16.4. The van der Waals surface area contributed by atoms with Crippen LogP contribution in [0.1, 0.15) is 45.0 Å². The molecule has 0 bridgehead atoms. The van der Waals surface area contributed by atoms with Gasteiger partial charge in [-0.3, -0.25) is 9.78 Å². The molecule has 0 fully saturated rings. The van der Waals surface area contributed by atoms with Crippen LogP contribution in [0.5, 0.6) is 0 Å².